The molecule has 3 atom stereocenters. The molecule has 0 bridgehead atoms. The van der Waals surface area contributed by atoms with Gasteiger partial charge in [0, 0.05) is 18.2 Å². The third-order valence-electron chi connectivity index (χ3n) is 4.13. The molecule has 6 heteroatoms. The van der Waals surface area contributed by atoms with Crippen molar-refractivity contribution in [1.82, 2.24) is 0 Å². The highest BCUT2D eigenvalue weighted by Gasteiger charge is 2.43. The van der Waals surface area contributed by atoms with Crippen molar-refractivity contribution in [3.63, 3.8) is 0 Å². The fourth-order valence-corrected chi connectivity index (χ4v) is 2.94. The molecule has 5 nitrogen and oxygen atoms in total. The molecule has 21 heavy (non-hydrogen) atoms. The lowest BCUT2D eigenvalue weighted by Gasteiger charge is -2.45. The van der Waals surface area contributed by atoms with Gasteiger partial charge in [-0.2, -0.15) is 0 Å². The molecular weight excluding hydrogens is 381 g/mol. The van der Waals surface area contributed by atoms with Gasteiger partial charge < -0.3 is 20.5 Å². The minimum atomic E-state index is 0. The van der Waals surface area contributed by atoms with Gasteiger partial charge in [-0.1, -0.05) is 0 Å². The third-order valence-corrected chi connectivity index (χ3v) is 4.13. The van der Waals surface area contributed by atoms with E-state index in [0.29, 0.717) is 24.0 Å². The minimum absolute atomic E-state index is 0. The predicted molar refractivity (Wildman–Crippen MR) is 94.5 cm³/mol. The van der Waals surface area contributed by atoms with E-state index in [4.69, 9.17) is 15.2 Å². The van der Waals surface area contributed by atoms with E-state index in [9.17, 15) is 0 Å². The normalized spacial score (nSPS) is 27.9. The molecule has 2 fully saturated rings. The Labute approximate surface area is 142 Å². The highest BCUT2D eigenvalue weighted by Crippen LogP contribution is 2.39. The van der Waals surface area contributed by atoms with Gasteiger partial charge in [-0.15, -0.1) is 24.0 Å². The lowest BCUT2D eigenvalue weighted by molar-refractivity contribution is -0.0937. The number of nitrogens with two attached hydrogens (primary N) is 1. The van der Waals surface area contributed by atoms with Gasteiger partial charge in [0.2, 0.25) is 0 Å². The molecule has 1 aliphatic carbocycles. The van der Waals surface area contributed by atoms with Crippen LogP contribution in [0.1, 0.15) is 19.3 Å². The van der Waals surface area contributed by atoms with Crippen molar-refractivity contribution in [2.24, 2.45) is 16.6 Å². The van der Waals surface area contributed by atoms with Crippen molar-refractivity contribution in [2.45, 2.75) is 31.4 Å². The lowest BCUT2D eigenvalue weighted by atomic mass is 9.73. The summed E-state index contributed by atoms with van der Waals surface area (Å²) in [5.41, 5.74) is 6.89. The van der Waals surface area contributed by atoms with Gasteiger partial charge in [0.15, 0.2) is 5.96 Å². The summed E-state index contributed by atoms with van der Waals surface area (Å²) in [5.74, 6) is 1.86. The SMILES string of the molecule is COc1ccc(NC(N)=NC2CC3OCCCC23)cc1.I. The molecule has 1 aromatic rings. The maximum absolute atomic E-state index is 5.98. The Kier molecular flexibility index (Phi) is 5.69. The van der Waals surface area contributed by atoms with Crippen LogP contribution < -0.4 is 15.8 Å². The predicted octanol–water partition coefficient (Wildman–Crippen LogP) is 2.61. The third kappa shape index (κ3) is 3.79. The van der Waals surface area contributed by atoms with Crippen molar-refractivity contribution < 1.29 is 9.47 Å². The highest BCUT2D eigenvalue weighted by atomic mass is 127. The molecule has 0 amide bonds. The average molecular weight is 403 g/mol. The standard InChI is InChI=1S/C15H21N3O2.HI/c1-19-11-6-4-10(5-7-11)17-15(16)18-13-9-14-12(13)3-2-8-20-14;/h4-7,12-14H,2-3,8-9H2,1H3,(H3,16,17,18);1H. The molecule has 3 rings (SSSR count). The molecule has 0 aromatic heterocycles. The van der Waals surface area contributed by atoms with E-state index in [1.807, 2.05) is 24.3 Å². The zero-order valence-corrected chi connectivity index (χ0v) is 14.4. The lowest BCUT2D eigenvalue weighted by Crippen LogP contribution is -2.49. The highest BCUT2D eigenvalue weighted by molar-refractivity contribution is 14.0. The summed E-state index contributed by atoms with van der Waals surface area (Å²) in [6.45, 7) is 0.900. The van der Waals surface area contributed by atoms with Crippen LogP contribution in [0.15, 0.2) is 29.3 Å². The van der Waals surface area contributed by atoms with E-state index in [-0.39, 0.29) is 24.0 Å². The number of guanidine groups is 1. The van der Waals surface area contributed by atoms with Crippen LogP contribution in [0.3, 0.4) is 0 Å². The first-order valence-corrected chi connectivity index (χ1v) is 7.12. The van der Waals surface area contributed by atoms with Gasteiger partial charge in [0.1, 0.15) is 5.75 Å². The largest absolute Gasteiger partial charge is 0.497 e. The topological polar surface area (TPSA) is 68.9 Å². The van der Waals surface area contributed by atoms with Crippen LogP contribution in [0.25, 0.3) is 0 Å². The number of methoxy groups -OCH3 is 1. The summed E-state index contributed by atoms with van der Waals surface area (Å²) in [6, 6.07) is 7.95. The van der Waals surface area contributed by atoms with Gasteiger partial charge >= 0.3 is 0 Å². The number of nitrogens with one attached hydrogen (secondary N) is 1. The van der Waals surface area contributed by atoms with Crippen LogP contribution in [0, 0.1) is 5.92 Å². The molecule has 1 saturated carbocycles. The Morgan fingerprint density at radius 2 is 2.14 bits per heavy atom. The molecule has 3 N–H and O–H groups in total. The van der Waals surface area contributed by atoms with E-state index in [1.165, 1.54) is 6.42 Å². The number of fused-ring (bicyclic) bond motifs is 1. The molecule has 1 aliphatic heterocycles. The molecule has 1 aromatic carbocycles. The molecule has 2 aliphatic rings. The van der Waals surface area contributed by atoms with Gasteiger partial charge in [-0.05, 0) is 43.5 Å². The van der Waals surface area contributed by atoms with Crippen molar-refractivity contribution in [2.75, 3.05) is 19.0 Å². The Hall–Kier alpha value is -1.02. The van der Waals surface area contributed by atoms with Crippen molar-refractivity contribution >= 4 is 35.6 Å². The number of hydrogen-bond acceptors (Lipinski definition) is 3. The van der Waals surface area contributed by atoms with Gasteiger partial charge in [-0.25, -0.2) is 4.99 Å². The van der Waals surface area contributed by atoms with Gasteiger partial charge in [0.25, 0.3) is 0 Å². The van der Waals surface area contributed by atoms with E-state index < -0.39 is 0 Å². The number of anilines is 1. The summed E-state index contributed by atoms with van der Waals surface area (Å²) in [5, 5.41) is 3.12. The number of ether oxygens (including phenoxy) is 2. The summed E-state index contributed by atoms with van der Waals surface area (Å²) in [6.07, 6.45) is 3.75. The molecule has 116 valence electrons. The van der Waals surface area contributed by atoms with Crippen molar-refractivity contribution in [1.29, 1.82) is 0 Å². The minimum Gasteiger partial charge on any atom is -0.497 e. The zero-order valence-electron chi connectivity index (χ0n) is 12.1. The first-order chi connectivity index (χ1) is 9.76. The number of halogens is 1. The second-order valence-corrected chi connectivity index (χ2v) is 5.39. The van der Waals surface area contributed by atoms with Crippen LogP contribution in [0.4, 0.5) is 5.69 Å². The molecule has 1 saturated heterocycles. The zero-order chi connectivity index (χ0) is 13.9. The van der Waals surface area contributed by atoms with Crippen LogP contribution in [0.2, 0.25) is 0 Å². The second-order valence-electron chi connectivity index (χ2n) is 5.39. The van der Waals surface area contributed by atoms with E-state index >= 15 is 0 Å². The second kappa shape index (κ2) is 7.31. The molecule has 0 radical (unpaired) electrons. The number of hydrogen-bond donors (Lipinski definition) is 2. The average Bonchev–Trinajstić information content (AvgIpc) is 2.46. The van der Waals surface area contributed by atoms with Gasteiger partial charge in [-0.3, -0.25) is 0 Å². The summed E-state index contributed by atoms with van der Waals surface area (Å²) in [7, 11) is 1.65. The van der Waals surface area contributed by atoms with Crippen molar-refractivity contribution in [3.8, 4) is 5.75 Å². The number of nitrogens with zero attached hydrogens (tertiary/aromatic N) is 1. The Morgan fingerprint density at radius 3 is 2.81 bits per heavy atom. The Bertz CT molecular complexity index is 492. The number of benzene rings is 1. The fraction of sp³-hybridized carbons (Fsp3) is 0.533. The maximum Gasteiger partial charge on any atom is 0.193 e. The van der Waals surface area contributed by atoms with Crippen LogP contribution in [-0.4, -0.2) is 31.8 Å². The molecular formula is C15H22IN3O2. The van der Waals surface area contributed by atoms with Crippen LogP contribution in [-0.2, 0) is 4.74 Å². The first-order valence-electron chi connectivity index (χ1n) is 7.12. The van der Waals surface area contributed by atoms with Crippen LogP contribution in [0.5, 0.6) is 5.75 Å². The quantitative estimate of drug-likeness (QED) is 0.463. The van der Waals surface area contributed by atoms with Crippen LogP contribution >= 0.6 is 24.0 Å². The smallest absolute Gasteiger partial charge is 0.193 e. The number of rotatable bonds is 3. The molecule has 3 unspecified atom stereocenters. The van der Waals surface area contributed by atoms with E-state index in [0.717, 1.165) is 30.9 Å². The monoisotopic (exact) mass is 403 g/mol. The van der Waals surface area contributed by atoms with Crippen molar-refractivity contribution in [3.05, 3.63) is 24.3 Å². The maximum atomic E-state index is 5.98. The summed E-state index contributed by atoms with van der Waals surface area (Å²) >= 11 is 0. The molecule has 0 spiro atoms. The first kappa shape index (κ1) is 16.4. The van der Waals surface area contributed by atoms with E-state index in [2.05, 4.69) is 10.3 Å². The summed E-state index contributed by atoms with van der Waals surface area (Å²) in [4.78, 5) is 4.58. The van der Waals surface area contributed by atoms with Gasteiger partial charge in [0.05, 0.1) is 19.3 Å². The summed E-state index contributed by atoms with van der Waals surface area (Å²) < 4.78 is 10.8. The fourth-order valence-electron chi connectivity index (χ4n) is 2.94. The number of aliphatic imine (C=N–C) groups is 1. The molecule has 1 heterocycles. The van der Waals surface area contributed by atoms with E-state index in [1.54, 1.807) is 7.11 Å². The Balaban J connectivity index is 0.00000161. The Morgan fingerprint density at radius 1 is 1.38 bits per heavy atom.